The van der Waals surface area contributed by atoms with Gasteiger partial charge in [-0.3, -0.25) is 9.59 Å². The van der Waals surface area contributed by atoms with E-state index in [1.54, 1.807) is 0 Å². The third-order valence-corrected chi connectivity index (χ3v) is 2.51. The Hall–Kier alpha value is -1.98. The van der Waals surface area contributed by atoms with Gasteiger partial charge < -0.3 is 10.2 Å². The van der Waals surface area contributed by atoms with Crippen molar-refractivity contribution < 1.29 is 18.4 Å². The molecule has 0 aliphatic carbocycles. The van der Waals surface area contributed by atoms with Crippen LogP contribution in [0.2, 0.25) is 0 Å². The molecule has 0 atom stereocenters. The molecule has 0 spiro atoms. The predicted molar refractivity (Wildman–Crippen MR) is 55.3 cm³/mol. The normalized spacial score (nSPS) is 15.6. The molecule has 6 heteroatoms. The van der Waals surface area contributed by atoms with Gasteiger partial charge >= 0.3 is 0 Å². The molecule has 1 heterocycles. The number of halogens is 2. The summed E-state index contributed by atoms with van der Waals surface area (Å²) < 4.78 is 26.3. The van der Waals surface area contributed by atoms with Crippen molar-refractivity contribution in [2.75, 3.05) is 19.6 Å². The van der Waals surface area contributed by atoms with Crippen LogP contribution in [0, 0.1) is 11.6 Å². The van der Waals surface area contributed by atoms with Crippen LogP contribution in [0.3, 0.4) is 0 Å². The van der Waals surface area contributed by atoms with Crippen LogP contribution in [0.4, 0.5) is 8.78 Å². The highest BCUT2D eigenvalue weighted by Crippen LogP contribution is 2.14. The van der Waals surface area contributed by atoms with Crippen LogP contribution in [0.25, 0.3) is 0 Å². The first-order valence-corrected chi connectivity index (χ1v) is 5.09. The van der Waals surface area contributed by atoms with E-state index in [0.29, 0.717) is 13.1 Å². The van der Waals surface area contributed by atoms with Crippen molar-refractivity contribution in [1.82, 2.24) is 10.2 Å². The fraction of sp³-hybridized carbons (Fsp3) is 0.273. The van der Waals surface area contributed by atoms with Crippen molar-refractivity contribution in [2.24, 2.45) is 0 Å². The molecule has 1 fully saturated rings. The topological polar surface area (TPSA) is 49.4 Å². The largest absolute Gasteiger partial charge is 0.353 e. The molecule has 2 amide bonds. The second kappa shape index (κ2) is 4.48. The molecule has 2 rings (SSSR count). The van der Waals surface area contributed by atoms with E-state index in [-0.39, 0.29) is 18.0 Å². The zero-order valence-electron chi connectivity index (χ0n) is 8.87. The molecule has 1 aliphatic rings. The number of rotatable bonds is 1. The molecule has 1 aromatic rings. The Bertz CT molecular complexity index is 477. The predicted octanol–water partition coefficient (Wildman–Crippen LogP) is 0.537. The Morgan fingerprint density at radius 3 is 2.82 bits per heavy atom. The average Bonchev–Trinajstić information content (AvgIpc) is 2.32. The monoisotopic (exact) mass is 240 g/mol. The van der Waals surface area contributed by atoms with Gasteiger partial charge in [-0.15, -0.1) is 0 Å². The maximum Gasteiger partial charge on any atom is 0.257 e. The van der Waals surface area contributed by atoms with E-state index in [2.05, 4.69) is 5.32 Å². The highest BCUT2D eigenvalue weighted by atomic mass is 19.2. The number of nitrogens with one attached hydrogen (secondary N) is 1. The summed E-state index contributed by atoms with van der Waals surface area (Å²) in [6.07, 6.45) is 0. The Morgan fingerprint density at radius 2 is 2.12 bits per heavy atom. The minimum atomic E-state index is -1.18. The Kier molecular flexibility index (Phi) is 3.03. The van der Waals surface area contributed by atoms with Gasteiger partial charge in [0.05, 0.1) is 12.1 Å². The zero-order valence-corrected chi connectivity index (χ0v) is 8.87. The first-order valence-electron chi connectivity index (χ1n) is 5.09. The Balaban J connectivity index is 2.24. The van der Waals surface area contributed by atoms with Gasteiger partial charge in [0.15, 0.2) is 11.6 Å². The molecule has 0 saturated carbocycles. The van der Waals surface area contributed by atoms with Crippen molar-refractivity contribution in [2.45, 2.75) is 0 Å². The lowest BCUT2D eigenvalue weighted by Gasteiger charge is -2.26. The summed E-state index contributed by atoms with van der Waals surface area (Å²) in [4.78, 5) is 24.1. The molecule has 1 saturated heterocycles. The van der Waals surface area contributed by atoms with E-state index in [1.807, 2.05) is 0 Å². The van der Waals surface area contributed by atoms with Gasteiger partial charge in [0.25, 0.3) is 5.91 Å². The molecule has 0 aromatic heterocycles. The second-order valence-electron chi connectivity index (χ2n) is 3.68. The maximum atomic E-state index is 13.4. The number of piperazine rings is 1. The molecule has 1 aromatic carbocycles. The Morgan fingerprint density at radius 1 is 1.35 bits per heavy atom. The summed E-state index contributed by atoms with van der Waals surface area (Å²) in [7, 11) is 0. The van der Waals surface area contributed by atoms with E-state index in [1.165, 1.54) is 17.0 Å². The van der Waals surface area contributed by atoms with Crippen LogP contribution in [0.15, 0.2) is 18.2 Å². The number of carbonyl (C=O) groups excluding carboxylic acids is 2. The molecular formula is C11H10F2N2O2. The van der Waals surface area contributed by atoms with E-state index >= 15 is 0 Å². The lowest BCUT2D eigenvalue weighted by Crippen LogP contribution is -2.50. The van der Waals surface area contributed by atoms with Crippen molar-refractivity contribution >= 4 is 11.8 Å². The van der Waals surface area contributed by atoms with Crippen LogP contribution in [0.1, 0.15) is 10.4 Å². The summed E-state index contributed by atoms with van der Waals surface area (Å²) in [6, 6.07) is 3.40. The van der Waals surface area contributed by atoms with Gasteiger partial charge in [-0.25, -0.2) is 8.78 Å². The molecule has 1 N–H and O–H groups in total. The van der Waals surface area contributed by atoms with Gasteiger partial charge in [0.1, 0.15) is 0 Å². The van der Waals surface area contributed by atoms with Crippen LogP contribution in [-0.2, 0) is 4.79 Å². The number of hydrogen-bond donors (Lipinski definition) is 1. The minimum absolute atomic E-state index is 0.130. The molecular weight excluding hydrogens is 230 g/mol. The zero-order chi connectivity index (χ0) is 12.4. The summed E-state index contributed by atoms with van der Waals surface area (Å²) in [5.74, 6) is -3.22. The number of amides is 2. The maximum absolute atomic E-state index is 13.4. The third-order valence-electron chi connectivity index (χ3n) is 2.51. The smallest absolute Gasteiger partial charge is 0.257 e. The van der Waals surface area contributed by atoms with E-state index in [9.17, 15) is 18.4 Å². The number of nitrogens with zero attached hydrogens (tertiary/aromatic N) is 1. The van der Waals surface area contributed by atoms with Crippen molar-refractivity contribution in [3.8, 4) is 0 Å². The van der Waals surface area contributed by atoms with Gasteiger partial charge in [-0.05, 0) is 12.1 Å². The number of benzene rings is 1. The van der Waals surface area contributed by atoms with Crippen LogP contribution in [0.5, 0.6) is 0 Å². The fourth-order valence-corrected chi connectivity index (χ4v) is 1.65. The molecule has 90 valence electrons. The highest BCUT2D eigenvalue weighted by Gasteiger charge is 2.25. The van der Waals surface area contributed by atoms with Crippen LogP contribution >= 0.6 is 0 Å². The van der Waals surface area contributed by atoms with Crippen LogP contribution < -0.4 is 5.32 Å². The first kappa shape index (κ1) is 11.5. The number of hydrogen-bond acceptors (Lipinski definition) is 2. The van der Waals surface area contributed by atoms with Crippen molar-refractivity contribution in [3.05, 3.63) is 35.4 Å². The van der Waals surface area contributed by atoms with Gasteiger partial charge in [-0.2, -0.15) is 0 Å². The molecule has 0 radical (unpaired) electrons. The molecule has 0 unspecified atom stereocenters. The molecule has 1 aliphatic heterocycles. The third kappa shape index (κ3) is 2.25. The van der Waals surface area contributed by atoms with E-state index < -0.39 is 17.5 Å². The lowest BCUT2D eigenvalue weighted by molar-refractivity contribution is -0.123. The van der Waals surface area contributed by atoms with Crippen LogP contribution in [-0.4, -0.2) is 36.3 Å². The standard InChI is InChI=1S/C11H10F2N2O2/c12-8-3-1-2-7(10(8)13)11(17)15-5-4-14-9(16)6-15/h1-3H,4-6H2,(H,14,16). The number of carbonyl (C=O) groups is 2. The van der Waals surface area contributed by atoms with Gasteiger partial charge in [-0.1, -0.05) is 6.07 Å². The van der Waals surface area contributed by atoms with Gasteiger partial charge in [0, 0.05) is 13.1 Å². The Labute approximate surface area is 96.2 Å². The lowest BCUT2D eigenvalue weighted by atomic mass is 10.1. The summed E-state index contributed by atoms with van der Waals surface area (Å²) in [6.45, 7) is 0.483. The van der Waals surface area contributed by atoms with E-state index in [0.717, 1.165) is 6.07 Å². The molecule has 4 nitrogen and oxygen atoms in total. The summed E-state index contributed by atoms with van der Waals surface area (Å²) in [5, 5.41) is 2.54. The minimum Gasteiger partial charge on any atom is -0.353 e. The van der Waals surface area contributed by atoms with Crippen molar-refractivity contribution in [3.63, 3.8) is 0 Å². The fourth-order valence-electron chi connectivity index (χ4n) is 1.65. The van der Waals surface area contributed by atoms with Crippen molar-refractivity contribution in [1.29, 1.82) is 0 Å². The van der Waals surface area contributed by atoms with E-state index in [4.69, 9.17) is 0 Å². The average molecular weight is 240 g/mol. The second-order valence-corrected chi connectivity index (χ2v) is 3.68. The summed E-state index contributed by atoms with van der Waals surface area (Å²) >= 11 is 0. The summed E-state index contributed by atoms with van der Waals surface area (Å²) in [5.41, 5.74) is -0.348. The quantitative estimate of drug-likeness (QED) is 0.778. The highest BCUT2D eigenvalue weighted by molar-refractivity contribution is 5.97. The first-order chi connectivity index (χ1) is 8.09. The SMILES string of the molecule is O=C1CN(C(=O)c2cccc(F)c2F)CCN1. The van der Waals surface area contributed by atoms with Gasteiger partial charge in [0.2, 0.25) is 5.91 Å². The molecule has 17 heavy (non-hydrogen) atoms. The molecule has 0 bridgehead atoms.